The molecule has 1 amide bonds. The molecule has 3 rings (SSSR count). The highest BCUT2D eigenvalue weighted by Crippen LogP contribution is 2.21. The summed E-state index contributed by atoms with van der Waals surface area (Å²) >= 11 is 0. The van der Waals surface area contributed by atoms with Gasteiger partial charge < -0.3 is 9.73 Å². The van der Waals surface area contributed by atoms with E-state index in [0.29, 0.717) is 25.3 Å². The fourth-order valence-corrected chi connectivity index (χ4v) is 2.49. The molecule has 3 aromatic rings. The van der Waals surface area contributed by atoms with Crippen LogP contribution >= 0.6 is 0 Å². The molecule has 0 aliphatic carbocycles. The van der Waals surface area contributed by atoms with Gasteiger partial charge in [0.05, 0.1) is 6.20 Å². The van der Waals surface area contributed by atoms with Crippen LogP contribution in [-0.4, -0.2) is 10.9 Å². The fourth-order valence-electron chi connectivity index (χ4n) is 2.49. The van der Waals surface area contributed by atoms with E-state index in [1.807, 2.05) is 62.4 Å². The number of nitrogens with one attached hydrogen (secondary N) is 1. The van der Waals surface area contributed by atoms with Gasteiger partial charge in [-0.15, -0.1) is 0 Å². The number of benzene rings is 2. The third-order valence-corrected chi connectivity index (χ3v) is 4.07. The molecular formula is C21H22N2O2. The summed E-state index contributed by atoms with van der Waals surface area (Å²) in [6.45, 7) is 4.63. The van der Waals surface area contributed by atoms with Gasteiger partial charge in [-0.3, -0.25) is 4.79 Å². The largest absolute Gasteiger partial charge is 0.441 e. The van der Waals surface area contributed by atoms with E-state index in [1.54, 1.807) is 6.20 Å². The van der Waals surface area contributed by atoms with Gasteiger partial charge >= 0.3 is 0 Å². The maximum atomic E-state index is 12.0. The van der Waals surface area contributed by atoms with Crippen molar-refractivity contribution in [3.05, 3.63) is 77.3 Å². The molecule has 0 aliphatic heterocycles. The molecule has 0 unspecified atom stereocenters. The van der Waals surface area contributed by atoms with E-state index in [0.717, 1.165) is 16.9 Å². The highest BCUT2D eigenvalue weighted by molar-refractivity contribution is 5.76. The van der Waals surface area contributed by atoms with E-state index in [2.05, 4.69) is 10.3 Å². The molecule has 1 aromatic heterocycles. The molecule has 25 heavy (non-hydrogen) atoms. The summed E-state index contributed by atoms with van der Waals surface area (Å²) < 4.78 is 5.74. The minimum absolute atomic E-state index is 0.00402. The van der Waals surface area contributed by atoms with Crippen LogP contribution in [0.25, 0.3) is 11.3 Å². The maximum Gasteiger partial charge on any atom is 0.220 e. The molecule has 4 nitrogen and oxygen atoms in total. The van der Waals surface area contributed by atoms with Gasteiger partial charge in [-0.25, -0.2) is 4.98 Å². The number of hydrogen-bond acceptors (Lipinski definition) is 3. The summed E-state index contributed by atoms with van der Waals surface area (Å²) in [6.07, 6.45) is 2.56. The zero-order valence-corrected chi connectivity index (χ0v) is 14.6. The predicted molar refractivity (Wildman–Crippen MR) is 98.0 cm³/mol. The number of hydrogen-bond donors (Lipinski definition) is 1. The van der Waals surface area contributed by atoms with Crippen molar-refractivity contribution in [3.8, 4) is 11.3 Å². The van der Waals surface area contributed by atoms with Crippen molar-refractivity contribution in [3.63, 3.8) is 0 Å². The lowest BCUT2D eigenvalue weighted by molar-refractivity contribution is -0.121. The lowest BCUT2D eigenvalue weighted by atomic mass is 10.1. The number of nitrogens with zero attached hydrogens (tertiary/aromatic N) is 1. The van der Waals surface area contributed by atoms with E-state index in [9.17, 15) is 4.79 Å². The lowest BCUT2D eigenvalue weighted by Crippen LogP contribution is -2.23. The number of carbonyl (C=O) groups is 1. The normalized spacial score (nSPS) is 10.6. The number of amides is 1. The SMILES string of the molecule is Cc1ccc(CNC(=O)CCc2ncc(-c3ccc(C)cc3)o2)cc1. The molecule has 0 aliphatic rings. The summed E-state index contributed by atoms with van der Waals surface area (Å²) in [4.78, 5) is 16.3. The van der Waals surface area contributed by atoms with Crippen LogP contribution in [0.1, 0.15) is 29.0 Å². The third-order valence-electron chi connectivity index (χ3n) is 4.07. The van der Waals surface area contributed by atoms with Crippen LogP contribution in [0.5, 0.6) is 0 Å². The first-order chi connectivity index (χ1) is 12.1. The minimum atomic E-state index is -0.00402. The zero-order chi connectivity index (χ0) is 17.6. The van der Waals surface area contributed by atoms with E-state index >= 15 is 0 Å². The van der Waals surface area contributed by atoms with Crippen molar-refractivity contribution < 1.29 is 9.21 Å². The zero-order valence-electron chi connectivity index (χ0n) is 14.6. The monoisotopic (exact) mass is 334 g/mol. The predicted octanol–water partition coefficient (Wildman–Crippen LogP) is 4.21. The molecule has 0 spiro atoms. The van der Waals surface area contributed by atoms with Crippen LogP contribution in [0.4, 0.5) is 0 Å². The number of oxazole rings is 1. The van der Waals surface area contributed by atoms with E-state index in [1.165, 1.54) is 11.1 Å². The summed E-state index contributed by atoms with van der Waals surface area (Å²) in [5, 5.41) is 2.92. The number of carbonyl (C=O) groups excluding carboxylic acids is 1. The lowest BCUT2D eigenvalue weighted by Gasteiger charge is -2.05. The number of rotatable bonds is 6. The second kappa shape index (κ2) is 7.79. The van der Waals surface area contributed by atoms with Gasteiger partial charge in [0.2, 0.25) is 5.91 Å². The molecule has 0 saturated heterocycles. The molecule has 1 heterocycles. The Morgan fingerprint density at radius 3 is 2.32 bits per heavy atom. The van der Waals surface area contributed by atoms with Gasteiger partial charge in [0.1, 0.15) is 0 Å². The Hall–Kier alpha value is -2.88. The van der Waals surface area contributed by atoms with Gasteiger partial charge in [0, 0.05) is 24.9 Å². The van der Waals surface area contributed by atoms with E-state index in [-0.39, 0.29) is 5.91 Å². The van der Waals surface area contributed by atoms with Crippen molar-refractivity contribution in [2.45, 2.75) is 33.2 Å². The van der Waals surface area contributed by atoms with Crippen LogP contribution < -0.4 is 5.32 Å². The highest BCUT2D eigenvalue weighted by atomic mass is 16.4. The maximum absolute atomic E-state index is 12.0. The highest BCUT2D eigenvalue weighted by Gasteiger charge is 2.09. The molecule has 0 saturated carbocycles. The molecule has 0 radical (unpaired) electrons. The second-order valence-electron chi connectivity index (χ2n) is 6.25. The molecule has 0 bridgehead atoms. The number of aromatic nitrogens is 1. The first-order valence-electron chi connectivity index (χ1n) is 8.44. The van der Waals surface area contributed by atoms with Gasteiger partial charge in [0.25, 0.3) is 0 Å². The molecular weight excluding hydrogens is 312 g/mol. The van der Waals surface area contributed by atoms with Crippen molar-refractivity contribution in [1.29, 1.82) is 0 Å². The first-order valence-corrected chi connectivity index (χ1v) is 8.44. The molecule has 1 N–H and O–H groups in total. The smallest absolute Gasteiger partial charge is 0.220 e. The Kier molecular flexibility index (Phi) is 5.29. The average Bonchev–Trinajstić information content (AvgIpc) is 3.09. The molecule has 4 heteroatoms. The summed E-state index contributed by atoms with van der Waals surface area (Å²) in [7, 11) is 0. The topological polar surface area (TPSA) is 55.1 Å². The Morgan fingerprint density at radius 2 is 1.64 bits per heavy atom. The third kappa shape index (κ3) is 4.80. The van der Waals surface area contributed by atoms with Crippen LogP contribution in [-0.2, 0) is 17.8 Å². The quantitative estimate of drug-likeness (QED) is 0.735. The van der Waals surface area contributed by atoms with Crippen molar-refractivity contribution in [1.82, 2.24) is 10.3 Å². The average molecular weight is 334 g/mol. The summed E-state index contributed by atoms with van der Waals surface area (Å²) in [5.74, 6) is 1.31. The molecule has 0 atom stereocenters. The molecule has 128 valence electrons. The fraction of sp³-hybridized carbons (Fsp3) is 0.238. The summed E-state index contributed by atoms with van der Waals surface area (Å²) in [6, 6.07) is 16.2. The van der Waals surface area contributed by atoms with Crippen molar-refractivity contribution in [2.75, 3.05) is 0 Å². The second-order valence-corrected chi connectivity index (χ2v) is 6.25. The van der Waals surface area contributed by atoms with Gasteiger partial charge in [-0.05, 0) is 19.4 Å². The van der Waals surface area contributed by atoms with E-state index < -0.39 is 0 Å². The van der Waals surface area contributed by atoms with Gasteiger partial charge in [-0.1, -0.05) is 59.7 Å². The van der Waals surface area contributed by atoms with Gasteiger partial charge in [0.15, 0.2) is 11.7 Å². The Morgan fingerprint density at radius 1 is 1.00 bits per heavy atom. The minimum Gasteiger partial charge on any atom is -0.441 e. The van der Waals surface area contributed by atoms with Crippen LogP contribution in [0.3, 0.4) is 0 Å². The molecule has 0 fully saturated rings. The van der Waals surface area contributed by atoms with Crippen molar-refractivity contribution >= 4 is 5.91 Å². The number of aryl methyl sites for hydroxylation is 3. The Labute approximate surface area is 147 Å². The van der Waals surface area contributed by atoms with E-state index in [4.69, 9.17) is 4.42 Å². The van der Waals surface area contributed by atoms with Gasteiger partial charge in [-0.2, -0.15) is 0 Å². The van der Waals surface area contributed by atoms with Crippen molar-refractivity contribution in [2.24, 2.45) is 0 Å². The standard InChI is InChI=1S/C21H22N2O2/c1-15-3-7-17(8-4-15)13-22-20(24)11-12-21-23-14-19(25-21)18-9-5-16(2)6-10-18/h3-10,14H,11-13H2,1-2H3,(H,22,24). The first kappa shape index (κ1) is 17.0. The Balaban J connectivity index is 1.49. The Bertz CT molecular complexity index is 833. The summed E-state index contributed by atoms with van der Waals surface area (Å²) in [5.41, 5.74) is 4.50. The molecule has 2 aromatic carbocycles. The van der Waals surface area contributed by atoms with Crippen LogP contribution in [0.15, 0.2) is 59.1 Å². The van der Waals surface area contributed by atoms with Crippen LogP contribution in [0.2, 0.25) is 0 Å². The van der Waals surface area contributed by atoms with Crippen LogP contribution in [0, 0.1) is 13.8 Å².